The first-order valence-corrected chi connectivity index (χ1v) is 15.3. The van der Waals surface area contributed by atoms with Crippen LogP contribution in [0.4, 0.5) is 0 Å². The van der Waals surface area contributed by atoms with Crippen LogP contribution in [0.25, 0.3) is 11.1 Å². The highest BCUT2D eigenvalue weighted by atomic mass is 35.5. The Morgan fingerprint density at radius 1 is 0.977 bits per heavy atom. The third-order valence-electron chi connectivity index (χ3n) is 7.69. The molecule has 0 saturated carbocycles. The summed E-state index contributed by atoms with van der Waals surface area (Å²) in [6.07, 6.45) is -2.06. The van der Waals surface area contributed by atoms with Gasteiger partial charge in [-0.05, 0) is 67.6 Å². The zero-order valence-corrected chi connectivity index (χ0v) is 26.8. The lowest BCUT2D eigenvalue weighted by Gasteiger charge is -2.43. The Hall–Kier alpha value is -2.89. The molecule has 0 radical (unpaired) electrons. The van der Waals surface area contributed by atoms with Crippen LogP contribution in [0.2, 0.25) is 5.02 Å². The molecule has 4 rings (SSSR count). The molecule has 0 amide bonds. The smallest absolute Gasteiger partial charge is 0.229 e. The molecular weight excluding hydrogens is 586 g/mol. The van der Waals surface area contributed by atoms with Gasteiger partial charge >= 0.3 is 0 Å². The van der Waals surface area contributed by atoms with Gasteiger partial charge in [-0.3, -0.25) is 0 Å². The number of aliphatic hydroxyl groups excluding tert-OH is 2. The van der Waals surface area contributed by atoms with E-state index in [0.717, 1.165) is 28.1 Å². The summed E-state index contributed by atoms with van der Waals surface area (Å²) in [7, 11) is 3.04. The predicted molar refractivity (Wildman–Crippen MR) is 169 cm³/mol. The van der Waals surface area contributed by atoms with Gasteiger partial charge in [0.2, 0.25) is 12.0 Å². The van der Waals surface area contributed by atoms with Gasteiger partial charge in [-0.1, -0.05) is 61.0 Å². The molecule has 1 saturated heterocycles. The lowest BCUT2D eigenvalue weighted by Crippen LogP contribution is -2.53. The van der Waals surface area contributed by atoms with E-state index in [0.29, 0.717) is 36.6 Å². The van der Waals surface area contributed by atoms with Crippen LogP contribution < -0.4 is 19.5 Å². The molecule has 6 unspecified atom stereocenters. The van der Waals surface area contributed by atoms with E-state index in [2.05, 4.69) is 36.5 Å². The predicted octanol–water partition coefficient (Wildman–Crippen LogP) is 5.93. The number of hydrogen-bond acceptors (Lipinski definition) is 9. The first kappa shape index (κ1) is 34.0. The van der Waals surface area contributed by atoms with Gasteiger partial charge in [0.25, 0.3) is 0 Å². The van der Waals surface area contributed by atoms with Gasteiger partial charge in [-0.25, -0.2) is 0 Å². The summed E-state index contributed by atoms with van der Waals surface area (Å²) in [4.78, 5) is 0. The van der Waals surface area contributed by atoms with E-state index in [1.807, 2.05) is 38.1 Å². The molecule has 1 fully saturated rings. The van der Waals surface area contributed by atoms with Gasteiger partial charge < -0.3 is 44.0 Å². The van der Waals surface area contributed by atoms with Crippen LogP contribution in [0.15, 0.2) is 66.7 Å². The Bertz CT molecular complexity index is 1290. The van der Waals surface area contributed by atoms with Gasteiger partial charge in [-0.2, -0.15) is 0 Å². The fourth-order valence-corrected chi connectivity index (χ4v) is 5.55. The molecule has 0 spiro atoms. The van der Waals surface area contributed by atoms with E-state index in [-0.39, 0.29) is 11.6 Å². The van der Waals surface area contributed by atoms with Crippen LogP contribution in [-0.2, 0) is 20.8 Å². The van der Waals surface area contributed by atoms with Crippen LogP contribution in [0, 0.1) is 0 Å². The standard InChI is InChI=1S/C34H44ClNO8/c1-6-27(33(43-30(38)21-37)44-32-28(39-4)8-7-9-29(32)40-5)42-31-19-34(3,18-22(2)41-31)36-20-23-10-12-24(13-11-23)25-14-16-26(35)17-15-25/h7-17,22,27,30-31,33,36-38H,6,18-21H2,1-5H3. The lowest BCUT2D eigenvalue weighted by molar-refractivity contribution is -0.290. The van der Waals surface area contributed by atoms with Crippen molar-refractivity contribution in [3.8, 4) is 28.4 Å². The molecule has 3 N–H and O–H groups in total. The number of benzene rings is 3. The average Bonchev–Trinajstić information content (AvgIpc) is 3.02. The van der Waals surface area contributed by atoms with E-state index in [1.165, 1.54) is 14.2 Å². The van der Waals surface area contributed by atoms with Crippen molar-refractivity contribution in [1.29, 1.82) is 0 Å². The Morgan fingerprint density at radius 2 is 1.59 bits per heavy atom. The van der Waals surface area contributed by atoms with Crippen LogP contribution in [0.3, 0.4) is 0 Å². The number of hydrogen-bond donors (Lipinski definition) is 3. The third-order valence-corrected chi connectivity index (χ3v) is 7.94. The van der Waals surface area contributed by atoms with E-state index in [1.54, 1.807) is 18.2 Å². The molecular formula is C34H44ClNO8. The summed E-state index contributed by atoms with van der Waals surface area (Å²) >= 11 is 6.04. The highest BCUT2D eigenvalue weighted by Gasteiger charge is 2.39. The lowest BCUT2D eigenvalue weighted by atomic mass is 9.88. The van der Waals surface area contributed by atoms with Crippen LogP contribution in [0.1, 0.15) is 45.6 Å². The topological polar surface area (TPSA) is 108 Å². The van der Waals surface area contributed by atoms with Crippen LogP contribution in [-0.4, -0.2) is 67.7 Å². The SMILES string of the molecule is CCC(OC1CC(C)(NCc2ccc(-c3ccc(Cl)cc3)cc2)CC(C)O1)C(Oc1c(OC)cccc1OC)OC(O)CO. The summed E-state index contributed by atoms with van der Waals surface area (Å²) in [6, 6.07) is 21.5. The van der Waals surface area contributed by atoms with Crippen LogP contribution in [0.5, 0.6) is 17.2 Å². The maximum absolute atomic E-state index is 10.2. The summed E-state index contributed by atoms with van der Waals surface area (Å²) < 4.78 is 35.5. The highest BCUT2D eigenvalue weighted by molar-refractivity contribution is 6.30. The van der Waals surface area contributed by atoms with E-state index in [9.17, 15) is 10.2 Å². The van der Waals surface area contributed by atoms with E-state index >= 15 is 0 Å². The molecule has 0 bridgehead atoms. The zero-order chi connectivity index (χ0) is 31.7. The minimum absolute atomic E-state index is 0.0753. The quantitative estimate of drug-likeness (QED) is 0.176. The van der Waals surface area contributed by atoms with Crippen molar-refractivity contribution in [2.75, 3.05) is 20.8 Å². The molecule has 10 heteroatoms. The summed E-state index contributed by atoms with van der Waals surface area (Å²) in [5.74, 6) is 1.14. The number of para-hydroxylation sites is 1. The highest BCUT2D eigenvalue weighted by Crippen LogP contribution is 2.39. The Morgan fingerprint density at radius 3 is 2.16 bits per heavy atom. The zero-order valence-electron chi connectivity index (χ0n) is 26.0. The van der Waals surface area contributed by atoms with Crippen molar-refractivity contribution in [3.05, 3.63) is 77.3 Å². The van der Waals surface area contributed by atoms with Gasteiger partial charge in [0.1, 0.15) is 6.10 Å². The summed E-state index contributed by atoms with van der Waals surface area (Å²) in [5.41, 5.74) is 3.14. The number of rotatable bonds is 15. The normalized spacial score (nSPS) is 22.2. The molecule has 1 aliphatic heterocycles. The molecule has 3 aromatic carbocycles. The van der Waals surface area contributed by atoms with Gasteiger partial charge in [0, 0.05) is 23.5 Å². The fraction of sp³-hybridized carbons (Fsp3) is 0.471. The van der Waals surface area contributed by atoms with Crippen molar-refractivity contribution in [2.45, 2.75) is 83.2 Å². The van der Waals surface area contributed by atoms with Crippen molar-refractivity contribution in [1.82, 2.24) is 5.32 Å². The molecule has 0 aliphatic carbocycles. The molecule has 9 nitrogen and oxygen atoms in total. The molecule has 6 atom stereocenters. The van der Waals surface area contributed by atoms with Gasteiger partial charge in [-0.15, -0.1) is 0 Å². The fourth-order valence-electron chi connectivity index (χ4n) is 5.42. The van der Waals surface area contributed by atoms with Crippen LogP contribution >= 0.6 is 11.6 Å². The third kappa shape index (κ3) is 9.08. The molecule has 0 aromatic heterocycles. The van der Waals surface area contributed by atoms with Gasteiger partial charge in [0.15, 0.2) is 24.1 Å². The Labute approximate surface area is 265 Å². The number of aliphatic hydroxyl groups is 2. The van der Waals surface area contributed by atoms with Crippen molar-refractivity contribution in [2.24, 2.45) is 0 Å². The largest absolute Gasteiger partial charge is 0.493 e. The molecule has 44 heavy (non-hydrogen) atoms. The Kier molecular flexibility index (Phi) is 12.3. The minimum atomic E-state index is -1.48. The second kappa shape index (κ2) is 15.9. The Balaban J connectivity index is 1.44. The van der Waals surface area contributed by atoms with E-state index < -0.39 is 31.6 Å². The summed E-state index contributed by atoms with van der Waals surface area (Å²) in [5, 5.41) is 24.1. The maximum Gasteiger partial charge on any atom is 0.229 e. The first-order chi connectivity index (χ1) is 21.2. The maximum atomic E-state index is 10.2. The first-order valence-electron chi connectivity index (χ1n) is 14.9. The average molecular weight is 630 g/mol. The molecule has 240 valence electrons. The van der Waals surface area contributed by atoms with Gasteiger partial charge in [0.05, 0.1) is 26.9 Å². The van der Waals surface area contributed by atoms with Crippen molar-refractivity contribution >= 4 is 11.6 Å². The molecule has 1 aliphatic rings. The number of ether oxygens (including phenoxy) is 6. The summed E-state index contributed by atoms with van der Waals surface area (Å²) in [6.45, 7) is 6.19. The second-order valence-corrected chi connectivity index (χ2v) is 11.7. The number of halogens is 1. The minimum Gasteiger partial charge on any atom is -0.493 e. The molecule has 1 heterocycles. The van der Waals surface area contributed by atoms with Crippen molar-refractivity contribution < 1.29 is 38.6 Å². The number of methoxy groups -OCH3 is 2. The monoisotopic (exact) mass is 629 g/mol. The van der Waals surface area contributed by atoms with Crippen molar-refractivity contribution in [3.63, 3.8) is 0 Å². The molecule has 3 aromatic rings. The second-order valence-electron chi connectivity index (χ2n) is 11.2. The number of nitrogens with one attached hydrogen (secondary N) is 1. The van der Waals surface area contributed by atoms with E-state index in [4.69, 9.17) is 40.0 Å².